The van der Waals surface area contributed by atoms with Gasteiger partial charge in [0.25, 0.3) is 24.4 Å². The van der Waals surface area contributed by atoms with Crippen molar-refractivity contribution >= 4 is 23.2 Å². The summed E-state index contributed by atoms with van der Waals surface area (Å²) in [4.78, 5) is 24.7. The Kier molecular flexibility index (Phi) is 8.62. The van der Waals surface area contributed by atoms with Crippen molar-refractivity contribution in [1.29, 1.82) is 0 Å². The van der Waals surface area contributed by atoms with Crippen LogP contribution in [0.25, 0.3) is 0 Å². The SMILES string of the molecule is O=C(NN=C1CCCC1)c1ccc(O[C@@H]2OCCO[C@H]2Oc2ccc(C(=O)NN=C3CCCC3)cc2)cc1. The highest BCUT2D eigenvalue weighted by molar-refractivity contribution is 5.96. The first-order chi connectivity index (χ1) is 18.6. The monoisotopic (exact) mass is 520 g/mol. The second kappa shape index (κ2) is 12.7. The van der Waals surface area contributed by atoms with E-state index in [9.17, 15) is 9.59 Å². The van der Waals surface area contributed by atoms with Crippen molar-refractivity contribution in [3.63, 3.8) is 0 Å². The van der Waals surface area contributed by atoms with Gasteiger partial charge in [0.15, 0.2) is 0 Å². The summed E-state index contributed by atoms with van der Waals surface area (Å²) in [6.45, 7) is 0.708. The van der Waals surface area contributed by atoms with E-state index in [2.05, 4.69) is 21.1 Å². The number of carbonyl (C=O) groups is 2. The molecule has 0 spiro atoms. The third-order valence-electron chi connectivity index (χ3n) is 6.60. The zero-order valence-electron chi connectivity index (χ0n) is 21.2. The van der Waals surface area contributed by atoms with Gasteiger partial charge in [-0.1, -0.05) is 0 Å². The lowest BCUT2D eigenvalue weighted by atomic mass is 10.2. The van der Waals surface area contributed by atoms with E-state index in [0.717, 1.165) is 62.8 Å². The molecule has 0 radical (unpaired) electrons. The van der Waals surface area contributed by atoms with E-state index in [-0.39, 0.29) is 11.8 Å². The first kappa shape index (κ1) is 25.9. The summed E-state index contributed by atoms with van der Waals surface area (Å²) in [6.07, 6.45) is 6.61. The predicted octanol–water partition coefficient (Wildman–Crippen LogP) is 4.16. The van der Waals surface area contributed by atoms with Crippen LogP contribution >= 0.6 is 0 Å². The highest BCUT2D eigenvalue weighted by Gasteiger charge is 2.31. The lowest BCUT2D eigenvalue weighted by molar-refractivity contribution is -0.271. The van der Waals surface area contributed by atoms with Crippen molar-refractivity contribution in [3.05, 3.63) is 59.7 Å². The molecule has 1 saturated heterocycles. The molecular weight excluding hydrogens is 488 g/mol. The Morgan fingerprint density at radius 3 is 1.37 bits per heavy atom. The van der Waals surface area contributed by atoms with Gasteiger partial charge in [-0.05, 0) is 99.9 Å². The maximum Gasteiger partial charge on any atom is 0.271 e. The first-order valence-corrected chi connectivity index (χ1v) is 13.1. The molecule has 2 atom stereocenters. The number of hydrogen-bond donors (Lipinski definition) is 2. The Hall–Kier alpha value is -3.76. The molecule has 1 heterocycles. The zero-order chi connectivity index (χ0) is 26.2. The van der Waals surface area contributed by atoms with Crippen LogP contribution in [0, 0.1) is 0 Å². The van der Waals surface area contributed by atoms with Crippen molar-refractivity contribution in [1.82, 2.24) is 10.9 Å². The second-order valence-electron chi connectivity index (χ2n) is 9.41. The molecule has 2 aromatic carbocycles. The summed E-state index contributed by atoms with van der Waals surface area (Å²) >= 11 is 0. The van der Waals surface area contributed by atoms with Gasteiger partial charge in [-0.3, -0.25) is 9.59 Å². The van der Waals surface area contributed by atoms with Crippen molar-refractivity contribution < 1.29 is 28.5 Å². The topological polar surface area (TPSA) is 120 Å². The van der Waals surface area contributed by atoms with Gasteiger partial charge < -0.3 is 18.9 Å². The molecule has 0 bridgehead atoms. The largest absolute Gasteiger partial charge is 0.458 e. The fourth-order valence-electron chi connectivity index (χ4n) is 4.48. The van der Waals surface area contributed by atoms with Gasteiger partial charge in [-0.15, -0.1) is 0 Å². The highest BCUT2D eigenvalue weighted by Crippen LogP contribution is 2.23. The maximum atomic E-state index is 12.4. The highest BCUT2D eigenvalue weighted by atomic mass is 16.8. The summed E-state index contributed by atoms with van der Waals surface area (Å²) in [6, 6.07) is 13.4. The molecule has 3 aliphatic rings. The molecule has 200 valence electrons. The van der Waals surface area contributed by atoms with Crippen LogP contribution in [0.1, 0.15) is 72.1 Å². The zero-order valence-corrected chi connectivity index (χ0v) is 21.2. The molecular formula is C28H32N4O6. The number of ether oxygens (including phenoxy) is 4. The summed E-state index contributed by atoms with van der Waals surface area (Å²) in [5, 5.41) is 8.42. The molecule has 2 aliphatic carbocycles. The molecule has 10 nitrogen and oxygen atoms in total. The van der Waals surface area contributed by atoms with E-state index in [1.807, 2.05) is 0 Å². The fraction of sp³-hybridized carbons (Fsp3) is 0.429. The van der Waals surface area contributed by atoms with E-state index >= 15 is 0 Å². The van der Waals surface area contributed by atoms with Gasteiger partial charge in [0.05, 0.1) is 13.2 Å². The van der Waals surface area contributed by atoms with Crippen LogP contribution in [0.2, 0.25) is 0 Å². The van der Waals surface area contributed by atoms with Gasteiger partial charge in [0.1, 0.15) is 11.5 Å². The molecule has 2 N–H and O–H groups in total. The lowest BCUT2D eigenvalue weighted by Crippen LogP contribution is -2.45. The lowest BCUT2D eigenvalue weighted by Gasteiger charge is -2.31. The van der Waals surface area contributed by atoms with Crippen molar-refractivity contribution in [2.75, 3.05) is 13.2 Å². The third kappa shape index (κ3) is 6.96. The Balaban J connectivity index is 1.14. The number of nitrogens with one attached hydrogen (secondary N) is 2. The second-order valence-corrected chi connectivity index (χ2v) is 9.41. The Morgan fingerprint density at radius 2 is 1.00 bits per heavy atom. The average Bonchev–Trinajstić information content (AvgIpc) is 3.67. The van der Waals surface area contributed by atoms with Crippen molar-refractivity contribution in [2.45, 2.75) is 63.9 Å². The van der Waals surface area contributed by atoms with Crippen LogP contribution in [0.5, 0.6) is 11.5 Å². The van der Waals surface area contributed by atoms with E-state index in [0.29, 0.717) is 35.8 Å². The Morgan fingerprint density at radius 1 is 0.632 bits per heavy atom. The number of benzene rings is 2. The minimum Gasteiger partial charge on any atom is -0.458 e. The summed E-state index contributed by atoms with van der Waals surface area (Å²) in [5.41, 5.74) is 8.26. The van der Waals surface area contributed by atoms with Crippen LogP contribution in [-0.4, -0.2) is 49.0 Å². The number of carbonyl (C=O) groups excluding carboxylic acids is 2. The fourth-order valence-corrected chi connectivity index (χ4v) is 4.48. The standard InChI is InChI=1S/C28H32N4O6/c33-25(31-29-21-5-1-2-6-21)19-9-13-23(14-10-19)37-27-28(36-18-17-35-27)38-24-15-11-20(12-16-24)26(34)32-30-22-7-3-4-8-22/h9-16,27-28H,1-8,17-18H2,(H,31,33)(H,32,34)/t27-,28-/m0/s1. The number of hydrogen-bond acceptors (Lipinski definition) is 8. The van der Waals surface area contributed by atoms with Crippen molar-refractivity contribution in [3.8, 4) is 11.5 Å². The molecule has 2 aromatic rings. The van der Waals surface area contributed by atoms with Crippen molar-refractivity contribution in [2.24, 2.45) is 10.2 Å². The molecule has 10 heteroatoms. The molecule has 0 unspecified atom stereocenters. The molecule has 2 amide bonds. The van der Waals surface area contributed by atoms with Crippen LogP contribution in [0.4, 0.5) is 0 Å². The Bertz CT molecular complexity index is 1070. The van der Waals surface area contributed by atoms with Gasteiger partial charge in [0, 0.05) is 22.6 Å². The average molecular weight is 521 g/mol. The van der Waals surface area contributed by atoms with E-state index in [1.54, 1.807) is 48.5 Å². The Labute approximate surface area is 221 Å². The normalized spacial score (nSPS) is 21.1. The van der Waals surface area contributed by atoms with E-state index < -0.39 is 12.6 Å². The minimum atomic E-state index is -0.817. The van der Waals surface area contributed by atoms with Crippen LogP contribution in [0.3, 0.4) is 0 Å². The first-order valence-electron chi connectivity index (χ1n) is 13.1. The number of amides is 2. The quantitative estimate of drug-likeness (QED) is 0.505. The third-order valence-corrected chi connectivity index (χ3v) is 6.60. The van der Waals surface area contributed by atoms with Gasteiger partial charge >= 0.3 is 0 Å². The molecule has 38 heavy (non-hydrogen) atoms. The van der Waals surface area contributed by atoms with Gasteiger partial charge in [-0.2, -0.15) is 10.2 Å². The van der Waals surface area contributed by atoms with E-state index in [4.69, 9.17) is 18.9 Å². The van der Waals surface area contributed by atoms with Gasteiger partial charge in [0.2, 0.25) is 0 Å². The number of hydrazone groups is 2. The molecule has 2 saturated carbocycles. The summed E-state index contributed by atoms with van der Waals surface area (Å²) < 4.78 is 23.4. The number of nitrogens with zero attached hydrogens (tertiary/aromatic N) is 2. The molecule has 3 fully saturated rings. The summed E-state index contributed by atoms with van der Waals surface area (Å²) in [7, 11) is 0. The predicted molar refractivity (Wildman–Crippen MR) is 140 cm³/mol. The molecule has 5 rings (SSSR count). The number of rotatable bonds is 8. The smallest absolute Gasteiger partial charge is 0.271 e. The van der Waals surface area contributed by atoms with Crippen LogP contribution < -0.4 is 20.3 Å². The minimum absolute atomic E-state index is 0.266. The van der Waals surface area contributed by atoms with Crippen LogP contribution in [-0.2, 0) is 9.47 Å². The van der Waals surface area contributed by atoms with Crippen LogP contribution in [0.15, 0.2) is 58.7 Å². The van der Waals surface area contributed by atoms with E-state index in [1.165, 1.54) is 0 Å². The van der Waals surface area contributed by atoms with Gasteiger partial charge in [-0.25, -0.2) is 10.9 Å². The molecule has 1 aliphatic heterocycles. The summed E-state index contributed by atoms with van der Waals surface area (Å²) in [5.74, 6) is 0.474. The maximum absolute atomic E-state index is 12.4. The molecule has 0 aromatic heterocycles.